The van der Waals surface area contributed by atoms with Crippen molar-refractivity contribution < 1.29 is 4.42 Å². The average molecular weight is 594 g/mol. The number of allylic oxidation sites excluding steroid dienone is 2. The second-order valence-electron chi connectivity index (χ2n) is 12.7. The van der Waals surface area contributed by atoms with Gasteiger partial charge in [-0.25, -0.2) is 0 Å². The maximum atomic E-state index is 6.55. The van der Waals surface area contributed by atoms with Gasteiger partial charge in [-0.1, -0.05) is 118 Å². The normalized spacial score (nSPS) is 13.3. The molecule has 0 bridgehead atoms. The van der Waals surface area contributed by atoms with Crippen LogP contribution in [-0.4, -0.2) is 0 Å². The zero-order valence-electron chi connectivity index (χ0n) is 26.4. The summed E-state index contributed by atoms with van der Waals surface area (Å²) < 4.78 is 6.55. The summed E-state index contributed by atoms with van der Waals surface area (Å²) in [6.45, 7) is 10.6. The number of rotatable bonds is 6. The standard InChI is InChI=1S/C44H35NO/c1-5-6-16-41-29(2)37-25-26-39-38-24-23-36(28-40(38)44(3,4)42(39)43(37)46-41)45(34-14-8-7-9-15-34)35-21-19-31(20-22-35)33-18-17-30-12-10-11-13-32(30)27-33/h5-28H,1H2,2-4H3/b16-6-. The van der Waals surface area contributed by atoms with Gasteiger partial charge in [-0.3, -0.25) is 0 Å². The molecule has 0 unspecified atom stereocenters. The number of furan rings is 1. The van der Waals surface area contributed by atoms with E-state index in [1.165, 1.54) is 49.5 Å². The molecule has 8 rings (SSSR count). The molecule has 0 fully saturated rings. The van der Waals surface area contributed by atoms with Crippen molar-refractivity contribution in [2.75, 3.05) is 4.90 Å². The minimum Gasteiger partial charge on any atom is -0.456 e. The van der Waals surface area contributed by atoms with Crippen molar-refractivity contribution in [3.8, 4) is 22.3 Å². The quantitative estimate of drug-likeness (QED) is 0.178. The Morgan fingerprint density at radius 2 is 1.33 bits per heavy atom. The second kappa shape index (κ2) is 10.8. The molecule has 7 aromatic rings. The van der Waals surface area contributed by atoms with Crippen LogP contribution in [0.15, 0.2) is 151 Å². The summed E-state index contributed by atoms with van der Waals surface area (Å²) in [4.78, 5) is 2.36. The van der Waals surface area contributed by atoms with Gasteiger partial charge in [-0.2, -0.15) is 0 Å². The molecule has 1 aromatic heterocycles. The Morgan fingerprint density at radius 1 is 0.652 bits per heavy atom. The van der Waals surface area contributed by atoms with Crippen LogP contribution in [0, 0.1) is 6.92 Å². The number of para-hydroxylation sites is 1. The van der Waals surface area contributed by atoms with Crippen molar-refractivity contribution in [2.24, 2.45) is 0 Å². The number of benzene rings is 6. The number of anilines is 3. The monoisotopic (exact) mass is 593 g/mol. The molecule has 2 nitrogen and oxygen atoms in total. The Bertz CT molecular complexity index is 2300. The number of fused-ring (bicyclic) bond motifs is 6. The lowest BCUT2D eigenvalue weighted by atomic mass is 9.81. The van der Waals surface area contributed by atoms with E-state index in [-0.39, 0.29) is 5.41 Å². The van der Waals surface area contributed by atoms with E-state index in [9.17, 15) is 0 Å². The second-order valence-corrected chi connectivity index (χ2v) is 12.7. The Hall–Kier alpha value is -5.60. The maximum absolute atomic E-state index is 6.55. The number of nitrogens with zero attached hydrogens (tertiary/aromatic N) is 1. The molecule has 1 aliphatic carbocycles. The summed E-state index contributed by atoms with van der Waals surface area (Å²) in [5, 5.41) is 3.68. The molecule has 1 heterocycles. The van der Waals surface area contributed by atoms with E-state index in [4.69, 9.17) is 4.42 Å². The maximum Gasteiger partial charge on any atom is 0.139 e. The largest absolute Gasteiger partial charge is 0.456 e. The third-order valence-electron chi connectivity index (χ3n) is 9.60. The molecule has 0 atom stereocenters. The average Bonchev–Trinajstić information content (AvgIpc) is 3.53. The lowest BCUT2D eigenvalue weighted by Gasteiger charge is -2.28. The Kier molecular flexibility index (Phi) is 6.54. The predicted molar refractivity (Wildman–Crippen MR) is 195 cm³/mol. The fraction of sp³-hybridized carbons (Fsp3) is 0.0909. The number of hydrogen-bond donors (Lipinski definition) is 0. The summed E-state index contributed by atoms with van der Waals surface area (Å²) >= 11 is 0. The fourth-order valence-corrected chi connectivity index (χ4v) is 7.22. The van der Waals surface area contributed by atoms with Crippen LogP contribution in [0.2, 0.25) is 0 Å². The zero-order valence-corrected chi connectivity index (χ0v) is 26.4. The van der Waals surface area contributed by atoms with Gasteiger partial charge in [0.25, 0.3) is 0 Å². The smallest absolute Gasteiger partial charge is 0.139 e. The first-order chi connectivity index (χ1) is 22.4. The first-order valence-corrected chi connectivity index (χ1v) is 15.9. The van der Waals surface area contributed by atoms with E-state index >= 15 is 0 Å². The molecule has 0 aliphatic heterocycles. The van der Waals surface area contributed by atoms with Crippen molar-refractivity contribution >= 4 is 44.9 Å². The van der Waals surface area contributed by atoms with Crippen LogP contribution >= 0.6 is 0 Å². The van der Waals surface area contributed by atoms with Crippen LogP contribution < -0.4 is 4.90 Å². The Labute approximate surface area is 270 Å². The van der Waals surface area contributed by atoms with Crippen molar-refractivity contribution in [2.45, 2.75) is 26.2 Å². The van der Waals surface area contributed by atoms with Crippen LogP contribution in [-0.2, 0) is 5.41 Å². The van der Waals surface area contributed by atoms with Crippen LogP contribution in [0.3, 0.4) is 0 Å². The highest BCUT2D eigenvalue weighted by atomic mass is 16.3. The van der Waals surface area contributed by atoms with Gasteiger partial charge >= 0.3 is 0 Å². The summed E-state index contributed by atoms with van der Waals surface area (Å²) in [7, 11) is 0. The molecule has 46 heavy (non-hydrogen) atoms. The molecular weight excluding hydrogens is 558 g/mol. The van der Waals surface area contributed by atoms with Crippen molar-refractivity contribution in [1.82, 2.24) is 0 Å². The van der Waals surface area contributed by atoms with Gasteiger partial charge < -0.3 is 9.32 Å². The van der Waals surface area contributed by atoms with Gasteiger partial charge in [0.2, 0.25) is 0 Å². The lowest BCUT2D eigenvalue weighted by Crippen LogP contribution is -2.17. The highest BCUT2D eigenvalue weighted by Gasteiger charge is 2.39. The van der Waals surface area contributed by atoms with Gasteiger partial charge in [0.1, 0.15) is 11.3 Å². The molecule has 1 aliphatic rings. The molecule has 0 saturated carbocycles. The topological polar surface area (TPSA) is 16.4 Å². The zero-order chi connectivity index (χ0) is 31.4. The molecule has 0 saturated heterocycles. The third kappa shape index (κ3) is 4.41. The molecule has 2 heteroatoms. The molecule has 0 radical (unpaired) electrons. The Morgan fingerprint density at radius 3 is 2.11 bits per heavy atom. The number of aryl methyl sites for hydroxylation is 1. The molecule has 0 N–H and O–H groups in total. The van der Waals surface area contributed by atoms with E-state index in [0.717, 1.165) is 34.0 Å². The lowest BCUT2D eigenvalue weighted by molar-refractivity contribution is 0.578. The minimum atomic E-state index is -0.244. The van der Waals surface area contributed by atoms with Crippen LogP contribution in [0.25, 0.3) is 50.1 Å². The predicted octanol–water partition coefficient (Wildman–Crippen LogP) is 12.5. The SMILES string of the molecule is C=C/C=C\c1oc2c3c(ccc2c1C)-c1ccc(N(c2ccccc2)c2ccc(-c4ccc5ccccc5c4)cc2)cc1C3(C)C. The molecule has 222 valence electrons. The minimum absolute atomic E-state index is 0.244. The van der Waals surface area contributed by atoms with E-state index < -0.39 is 0 Å². The van der Waals surface area contributed by atoms with Gasteiger partial charge in [0.05, 0.1) is 0 Å². The van der Waals surface area contributed by atoms with Crippen molar-refractivity contribution in [1.29, 1.82) is 0 Å². The first-order valence-electron chi connectivity index (χ1n) is 15.9. The Balaban J connectivity index is 1.22. The summed E-state index contributed by atoms with van der Waals surface area (Å²) in [6, 6.07) is 46.2. The molecule has 6 aromatic carbocycles. The highest BCUT2D eigenvalue weighted by molar-refractivity contribution is 5.98. The summed E-state index contributed by atoms with van der Waals surface area (Å²) in [6.07, 6.45) is 5.72. The van der Waals surface area contributed by atoms with E-state index in [2.05, 4.69) is 160 Å². The fourth-order valence-electron chi connectivity index (χ4n) is 7.22. The van der Waals surface area contributed by atoms with Crippen LogP contribution in [0.4, 0.5) is 17.1 Å². The first kappa shape index (κ1) is 27.9. The van der Waals surface area contributed by atoms with Gasteiger partial charge in [-0.15, -0.1) is 0 Å². The van der Waals surface area contributed by atoms with Gasteiger partial charge in [-0.05, 0) is 94.1 Å². The summed E-state index contributed by atoms with van der Waals surface area (Å²) in [5.41, 5.74) is 12.8. The summed E-state index contributed by atoms with van der Waals surface area (Å²) in [5.74, 6) is 0.887. The molecule has 0 spiro atoms. The van der Waals surface area contributed by atoms with Crippen molar-refractivity contribution in [3.63, 3.8) is 0 Å². The van der Waals surface area contributed by atoms with Crippen LogP contribution in [0.5, 0.6) is 0 Å². The van der Waals surface area contributed by atoms with Gasteiger partial charge in [0, 0.05) is 39.0 Å². The van der Waals surface area contributed by atoms with E-state index in [1.807, 2.05) is 12.2 Å². The van der Waals surface area contributed by atoms with Crippen LogP contribution in [0.1, 0.15) is 36.3 Å². The van der Waals surface area contributed by atoms with E-state index in [1.54, 1.807) is 6.08 Å². The van der Waals surface area contributed by atoms with Gasteiger partial charge in [0.15, 0.2) is 0 Å². The molecular formula is C44H35NO. The van der Waals surface area contributed by atoms with Crippen molar-refractivity contribution in [3.05, 3.63) is 169 Å². The molecule has 0 amide bonds. The van der Waals surface area contributed by atoms with E-state index in [0.29, 0.717) is 0 Å². The third-order valence-corrected chi connectivity index (χ3v) is 9.60. The highest BCUT2D eigenvalue weighted by Crippen LogP contribution is 2.53. The number of hydrogen-bond acceptors (Lipinski definition) is 2.